The summed E-state index contributed by atoms with van der Waals surface area (Å²) in [7, 11) is 0. The Labute approximate surface area is 168 Å². The van der Waals surface area contributed by atoms with Gasteiger partial charge in [-0.2, -0.15) is 13.2 Å². The zero-order valence-electron chi connectivity index (χ0n) is 14.8. The maximum atomic E-state index is 13.0. The summed E-state index contributed by atoms with van der Waals surface area (Å²) in [6, 6.07) is 18.9. The first kappa shape index (κ1) is 19.1. The smallest absolute Gasteiger partial charge is 0.416 e. The molecule has 0 spiro atoms. The fourth-order valence-electron chi connectivity index (χ4n) is 2.95. The Balaban J connectivity index is 1.59. The van der Waals surface area contributed by atoms with Gasteiger partial charge in [0.1, 0.15) is 5.76 Å². The fraction of sp³-hybridized carbons (Fsp3) is 0.0455. The molecule has 1 heterocycles. The van der Waals surface area contributed by atoms with E-state index in [0.717, 1.165) is 29.0 Å². The molecule has 1 N–H and O–H groups in total. The Morgan fingerprint density at radius 3 is 2.41 bits per heavy atom. The van der Waals surface area contributed by atoms with Crippen LogP contribution in [-0.2, 0) is 6.18 Å². The van der Waals surface area contributed by atoms with E-state index in [9.17, 15) is 18.0 Å². The first-order chi connectivity index (χ1) is 13.8. The van der Waals surface area contributed by atoms with Crippen LogP contribution in [-0.4, -0.2) is 5.91 Å². The van der Waals surface area contributed by atoms with E-state index in [1.165, 1.54) is 12.1 Å². The van der Waals surface area contributed by atoms with Gasteiger partial charge in [0, 0.05) is 11.3 Å². The molecule has 0 radical (unpaired) electrons. The van der Waals surface area contributed by atoms with Crippen molar-refractivity contribution >= 4 is 34.0 Å². The summed E-state index contributed by atoms with van der Waals surface area (Å²) in [5.41, 5.74) is -0.217. The van der Waals surface area contributed by atoms with Gasteiger partial charge >= 0.3 is 6.18 Å². The number of alkyl halides is 3. The Kier molecular flexibility index (Phi) is 4.80. The Bertz CT molecular complexity index is 1210. The number of rotatable bonds is 3. The molecular formula is C22H13ClF3NO2. The summed E-state index contributed by atoms with van der Waals surface area (Å²) in [6.07, 6.45) is -4.51. The third-order valence-corrected chi connectivity index (χ3v) is 4.73. The lowest BCUT2D eigenvalue weighted by molar-refractivity contribution is -0.137. The summed E-state index contributed by atoms with van der Waals surface area (Å²) in [5.74, 6) is -0.485. The highest BCUT2D eigenvalue weighted by Gasteiger charge is 2.31. The average molecular weight is 416 g/mol. The molecule has 0 bridgehead atoms. The predicted molar refractivity (Wildman–Crippen MR) is 106 cm³/mol. The van der Waals surface area contributed by atoms with Crippen LogP contribution in [0.1, 0.15) is 16.1 Å². The second-order valence-corrected chi connectivity index (χ2v) is 6.78. The van der Waals surface area contributed by atoms with Crippen LogP contribution in [0, 0.1) is 0 Å². The van der Waals surface area contributed by atoms with Crippen LogP contribution in [0.2, 0.25) is 5.02 Å². The highest BCUT2D eigenvalue weighted by atomic mass is 35.5. The van der Waals surface area contributed by atoms with E-state index >= 15 is 0 Å². The zero-order chi connectivity index (χ0) is 20.6. The minimum Gasteiger partial charge on any atom is -0.451 e. The number of carbonyl (C=O) groups is 1. The molecule has 0 aliphatic rings. The van der Waals surface area contributed by atoms with E-state index in [-0.39, 0.29) is 22.1 Å². The van der Waals surface area contributed by atoms with Crippen LogP contribution < -0.4 is 5.32 Å². The van der Waals surface area contributed by atoms with Gasteiger partial charge in [-0.3, -0.25) is 4.79 Å². The highest BCUT2D eigenvalue weighted by Crippen LogP contribution is 2.36. The number of carbonyl (C=O) groups excluding carboxylic acids is 1. The van der Waals surface area contributed by atoms with Crippen molar-refractivity contribution in [3.63, 3.8) is 0 Å². The third-order valence-electron chi connectivity index (χ3n) is 4.40. The molecule has 3 aromatic carbocycles. The molecule has 0 saturated carbocycles. The van der Waals surface area contributed by atoms with Gasteiger partial charge in [0.15, 0.2) is 5.76 Å². The van der Waals surface area contributed by atoms with Gasteiger partial charge in [0.05, 0.1) is 10.6 Å². The maximum Gasteiger partial charge on any atom is 0.416 e. The lowest BCUT2D eigenvalue weighted by atomic mass is 10.1. The Morgan fingerprint density at radius 1 is 0.897 bits per heavy atom. The van der Waals surface area contributed by atoms with E-state index in [0.29, 0.717) is 5.69 Å². The number of furan rings is 1. The van der Waals surface area contributed by atoms with E-state index in [1.807, 2.05) is 36.4 Å². The highest BCUT2D eigenvalue weighted by molar-refractivity contribution is 6.33. The van der Waals surface area contributed by atoms with Crippen molar-refractivity contribution in [3.8, 4) is 11.3 Å². The second kappa shape index (κ2) is 7.29. The minimum atomic E-state index is -4.51. The number of halogens is 4. The number of hydrogen-bond acceptors (Lipinski definition) is 2. The molecule has 0 aliphatic heterocycles. The van der Waals surface area contributed by atoms with Crippen molar-refractivity contribution in [2.45, 2.75) is 6.18 Å². The van der Waals surface area contributed by atoms with Gasteiger partial charge in [0.25, 0.3) is 5.91 Å². The molecule has 1 aromatic heterocycles. The summed E-state index contributed by atoms with van der Waals surface area (Å²) in [6.45, 7) is 0. The van der Waals surface area contributed by atoms with Crippen molar-refractivity contribution in [1.29, 1.82) is 0 Å². The largest absolute Gasteiger partial charge is 0.451 e. The standard InChI is InChI=1S/C22H13ClF3NO2/c23-18-8-6-15(22(24,25)26)12-17(18)19-9-10-20(29-19)21(28)27-16-7-5-13-3-1-2-4-14(13)11-16/h1-12H,(H,27,28). The molecule has 29 heavy (non-hydrogen) atoms. The number of anilines is 1. The summed E-state index contributed by atoms with van der Waals surface area (Å²) in [4.78, 5) is 12.5. The number of nitrogens with one attached hydrogen (secondary N) is 1. The molecule has 4 rings (SSSR count). The van der Waals surface area contributed by atoms with E-state index < -0.39 is 17.6 Å². The summed E-state index contributed by atoms with van der Waals surface area (Å²) in [5, 5.41) is 4.80. The van der Waals surface area contributed by atoms with Crippen LogP contribution in [0.3, 0.4) is 0 Å². The number of amides is 1. The van der Waals surface area contributed by atoms with Gasteiger partial charge < -0.3 is 9.73 Å². The van der Waals surface area contributed by atoms with Gasteiger partial charge in [-0.05, 0) is 53.2 Å². The van der Waals surface area contributed by atoms with Crippen molar-refractivity contribution < 1.29 is 22.4 Å². The van der Waals surface area contributed by atoms with Crippen molar-refractivity contribution in [1.82, 2.24) is 0 Å². The molecule has 0 fully saturated rings. The third kappa shape index (κ3) is 3.98. The molecule has 4 aromatic rings. The van der Waals surface area contributed by atoms with Crippen molar-refractivity contribution in [2.24, 2.45) is 0 Å². The van der Waals surface area contributed by atoms with E-state index in [2.05, 4.69) is 5.32 Å². The SMILES string of the molecule is O=C(Nc1ccc2ccccc2c1)c1ccc(-c2cc(C(F)(F)F)ccc2Cl)o1. The first-order valence-corrected chi connectivity index (χ1v) is 8.96. The van der Waals surface area contributed by atoms with Crippen molar-refractivity contribution in [3.05, 3.63) is 89.1 Å². The van der Waals surface area contributed by atoms with Crippen LogP contribution in [0.25, 0.3) is 22.1 Å². The number of hydrogen-bond donors (Lipinski definition) is 1. The van der Waals surface area contributed by atoms with E-state index in [4.69, 9.17) is 16.0 Å². The van der Waals surface area contributed by atoms with E-state index in [1.54, 1.807) is 6.07 Å². The minimum absolute atomic E-state index is 0.0402. The van der Waals surface area contributed by atoms with Gasteiger partial charge in [0.2, 0.25) is 0 Å². The maximum absolute atomic E-state index is 13.0. The molecule has 0 atom stereocenters. The van der Waals surface area contributed by atoms with Crippen LogP contribution in [0.4, 0.5) is 18.9 Å². The predicted octanol–water partition coefficient (Wildman–Crippen LogP) is 7.02. The van der Waals surface area contributed by atoms with Gasteiger partial charge in [-0.1, -0.05) is 41.9 Å². The van der Waals surface area contributed by atoms with Gasteiger partial charge in [-0.25, -0.2) is 0 Å². The molecule has 0 aliphatic carbocycles. The lowest BCUT2D eigenvalue weighted by Crippen LogP contribution is -2.10. The molecule has 0 unspecified atom stereocenters. The molecular weight excluding hydrogens is 403 g/mol. The normalized spacial score (nSPS) is 11.6. The summed E-state index contributed by atoms with van der Waals surface area (Å²) >= 11 is 6.03. The monoisotopic (exact) mass is 415 g/mol. The van der Waals surface area contributed by atoms with Crippen LogP contribution in [0.15, 0.2) is 77.2 Å². The molecule has 3 nitrogen and oxygen atoms in total. The van der Waals surface area contributed by atoms with Crippen LogP contribution >= 0.6 is 11.6 Å². The second-order valence-electron chi connectivity index (χ2n) is 6.37. The topological polar surface area (TPSA) is 42.2 Å². The molecule has 0 saturated heterocycles. The Hall–Kier alpha value is -3.25. The quantitative estimate of drug-likeness (QED) is 0.390. The fourth-order valence-corrected chi connectivity index (χ4v) is 3.17. The molecule has 7 heteroatoms. The van der Waals surface area contributed by atoms with Crippen molar-refractivity contribution in [2.75, 3.05) is 5.32 Å². The van der Waals surface area contributed by atoms with Gasteiger partial charge in [-0.15, -0.1) is 0 Å². The Morgan fingerprint density at radius 2 is 1.66 bits per heavy atom. The lowest BCUT2D eigenvalue weighted by Gasteiger charge is -2.09. The van der Waals surface area contributed by atoms with Crippen LogP contribution in [0.5, 0.6) is 0 Å². The molecule has 146 valence electrons. The molecule has 1 amide bonds. The first-order valence-electron chi connectivity index (χ1n) is 8.58. The average Bonchev–Trinajstić information content (AvgIpc) is 3.17. The number of benzene rings is 3. The number of fused-ring (bicyclic) bond motifs is 1. The summed E-state index contributed by atoms with van der Waals surface area (Å²) < 4.78 is 44.4. The zero-order valence-corrected chi connectivity index (χ0v) is 15.5.